The van der Waals surface area contributed by atoms with Gasteiger partial charge in [0.2, 0.25) is 0 Å². The van der Waals surface area contributed by atoms with Crippen molar-refractivity contribution in [2.45, 2.75) is 39.5 Å². The fourth-order valence-corrected chi connectivity index (χ4v) is 1.69. The summed E-state index contributed by atoms with van der Waals surface area (Å²) in [6, 6.07) is 6.56. The highest BCUT2D eigenvalue weighted by Crippen LogP contribution is 2.16. The first-order chi connectivity index (χ1) is 6.29. The first-order valence-electron chi connectivity index (χ1n) is 5.22. The van der Waals surface area contributed by atoms with Crippen LogP contribution >= 0.6 is 0 Å². The van der Waals surface area contributed by atoms with Crippen LogP contribution in [0, 0.1) is 6.92 Å². The van der Waals surface area contributed by atoms with Gasteiger partial charge in [-0.15, -0.1) is 0 Å². The molecule has 1 aromatic carbocycles. The lowest BCUT2D eigenvalue weighted by atomic mass is 9.97. The average Bonchev–Trinajstić information content (AvgIpc) is 2.13. The van der Waals surface area contributed by atoms with Gasteiger partial charge in [0.15, 0.2) is 0 Å². The van der Waals surface area contributed by atoms with Gasteiger partial charge in [-0.05, 0) is 36.5 Å². The fourth-order valence-electron chi connectivity index (χ4n) is 1.69. The summed E-state index contributed by atoms with van der Waals surface area (Å²) in [6.07, 6.45) is 4.74. The largest absolute Gasteiger partial charge is 0.0651 e. The predicted molar refractivity (Wildman–Crippen MR) is 58.9 cm³/mol. The van der Waals surface area contributed by atoms with Crippen molar-refractivity contribution in [2.24, 2.45) is 0 Å². The summed E-state index contributed by atoms with van der Waals surface area (Å²) in [5.41, 5.74) is 4.12. The molecule has 0 aliphatic rings. The van der Waals surface area contributed by atoms with Crippen LogP contribution in [-0.2, 0) is 12.8 Å². The van der Waals surface area contributed by atoms with Crippen molar-refractivity contribution >= 4 is 0 Å². The third kappa shape index (κ3) is 2.58. The molecule has 0 amide bonds. The Labute approximate surface area is 82.0 Å². The molecule has 1 rings (SSSR count). The van der Waals surface area contributed by atoms with Gasteiger partial charge in [0.25, 0.3) is 0 Å². The van der Waals surface area contributed by atoms with E-state index in [1.165, 1.54) is 29.5 Å². The van der Waals surface area contributed by atoms with Gasteiger partial charge in [0, 0.05) is 0 Å². The highest BCUT2D eigenvalue weighted by molar-refractivity contribution is 5.37. The van der Waals surface area contributed by atoms with Gasteiger partial charge in [-0.3, -0.25) is 0 Å². The molecule has 1 radical (unpaired) electrons. The number of aryl methyl sites for hydroxylation is 2. The molecule has 0 aromatic heterocycles. The Hall–Kier alpha value is -0.780. The smallest absolute Gasteiger partial charge is 0.0233 e. The minimum atomic E-state index is 1.16. The van der Waals surface area contributed by atoms with Gasteiger partial charge in [0.1, 0.15) is 0 Å². The molecule has 13 heavy (non-hydrogen) atoms. The summed E-state index contributed by atoms with van der Waals surface area (Å²) < 4.78 is 0. The highest BCUT2D eigenvalue weighted by atomic mass is 14.1. The molecule has 0 saturated carbocycles. The van der Waals surface area contributed by atoms with Crippen molar-refractivity contribution in [2.75, 3.05) is 0 Å². The van der Waals surface area contributed by atoms with E-state index in [2.05, 4.69) is 39.0 Å². The standard InChI is InChI=1S/C13H19/c1-4-7-12-9-6-10-13(8-5-2)11(12)3/h6,9-10H,3-5,7-8H2,1-2H3. The molecule has 0 aliphatic carbocycles. The van der Waals surface area contributed by atoms with Crippen LogP contribution in [0.2, 0.25) is 0 Å². The van der Waals surface area contributed by atoms with Crippen molar-refractivity contribution in [3.8, 4) is 0 Å². The third-order valence-electron chi connectivity index (χ3n) is 2.41. The SMILES string of the molecule is [CH2]c1c(CCC)cccc1CCC. The summed E-state index contributed by atoms with van der Waals surface area (Å²) in [6.45, 7) is 8.59. The lowest BCUT2D eigenvalue weighted by Crippen LogP contribution is -1.94. The molecule has 0 fully saturated rings. The van der Waals surface area contributed by atoms with Gasteiger partial charge < -0.3 is 0 Å². The first-order valence-corrected chi connectivity index (χ1v) is 5.22. The minimum absolute atomic E-state index is 1.16. The molecular formula is C13H19. The highest BCUT2D eigenvalue weighted by Gasteiger charge is 2.01. The second-order valence-corrected chi connectivity index (χ2v) is 3.55. The van der Waals surface area contributed by atoms with Crippen LogP contribution in [0.4, 0.5) is 0 Å². The zero-order valence-electron chi connectivity index (χ0n) is 8.77. The molecule has 0 spiro atoms. The lowest BCUT2D eigenvalue weighted by molar-refractivity contribution is 0.888. The topological polar surface area (TPSA) is 0 Å². The summed E-state index contributed by atoms with van der Waals surface area (Å²) >= 11 is 0. The molecule has 0 nitrogen and oxygen atoms in total. The van der Waals surface area contributed by atoms with Crippen molar-refractivity contribution in [1.82, 2.24) is 0 Å². The molecule has 0 unspecified atom stereocenters. The Bertz CT molecular complexity index is 236. The first kappa shape index (κ1) is 10.3. The molecular weight excluding hydrogens is 156 g/mol. The number of benzene rings is 1. The number of rotatable bonds is 4. The average molecular weight is 175 g/mol. The molecule has 0 atom stereocenters. The van der Waals surface area contributed by atoms with Gasteiger partial charge in [-0.1, -0.05) is 44.9 Å². The van der Waals surface area contributed by atoms with Crippen LogP contribution in [0.1, 0.15) is 43.4 Å². The maximum atomic E-state index is 4.16. The molecule has 0 N–H and O–H groups in total. The zero-order chi connectivity index (χ0) is 9.68. The number of hydrogen-bond donors (Lipinski definition) is 0. The summed E-state index contributed by atoms with van der Waals surface area (Å²) in [5.74, 6) is 0. The summed E-state index contributed by atoms with van der Waals surface area (Å²) in [7, 11) is 0. The fraction of sp³-hybridized carbons (Fsp3) is 0.462. The Balaban J connectivity index is 2.89. The molecule has 0 heterocycles. The maximum absolute atomic E-state index is 4.16. The van der Waals surface area contributed by atoms with Crippen molar-refractivity contribution in [3.05, 3.63) is 41.8 Å². The zero-order valence-corrected chi connectivity index (χ0v) is 8.77. The molecule has 0 aliphatic heterocycles. The van der Waals surface area contributed by atoms with Crippen LogP contribution < -0.4 is 0 Å². The summed E-state index contributed by atoms with van der Waals surface area (Å²) in [4.78, 5) is 0. The van der Waals surface area contributed by atoms with Crippen LogP contribution in [-0.4, -0.2) is 0 Å². The van der Waals surface area contributed by atoms with Crippen LogP contribution in [0.3, 0.4) is 0 Å². The molecule has 71 valence electrons. The van der Waals surface area contributed by atoms with E-state index >= 15 is 0 Å². The van der Waals surface area contributed by atoms with E-state index in [1.54, 1.807) is 0 Å². The van der Waals surface area contributed by atoms with E-state index in [9.17, 15) is 0 Å². The Morgan fingerprint density at radius 2 is 1.46 bits per heavy atom. The van der Waals surface area contributed by atoms with Crippen LogP contribution in [0.5, 0.6) is 0 Å². The predicted octanol–water partition coefficient (Wildman–Crippen LogP) is 3.77. The lowest BCUT2D eigenvalue weighted by Gasteiger charge is -2.09. The Morgan fingerprint density at radius 1 is 1.00 bits per heavy atom. The van der Waals surface area contributed by atoms with E-state index in [0.717, 1.165) is 12.8 Å². The normalized spacial score (nSPS) is 10.4. The van der Waals surface area contributed by atoms with E-state index < -0.39 is 0 Å². The maximum Gasteiger partial charge on any atom is -0.0233 e. The molecule has 0 heteroatoms. The number of hydrogen-bond acceptors (Lipinski definition) is 0. The Morgan fingerprint density at radius 3 is 1.85 bits per heavy atom. The second kappa shape index (κ2) is 5.06. The molecule has 0 saturated heterocycles. The van der Waals surface area contributed by atoms with Crippen LogP contribution in [0.15, 0.2) is 18.2 Å². The van der Waals surface area contributed by atoms with E-state index in [0.29, 0.717) is 0 Å². The van der Waals surface area contributed by atoms with Crippen molar-refractivity contribution < 1.29 is 0 Å². The van der Waals surface area contributed by atoms with Gasteiger partial charge in [-0.2, -0.15) is 0 Å². The van der Waals surface area contributed by atoms with Gasteiger partial charge >= 0.3 is 0 Å². The minimum Gasteiger partial charge on any atom is -0.0651 e. The monoisotopic (exact) mass is 175 g/mol. The Kier molecular flexibility index (Phi) is 4.01. The van der Waals surface area contributed by atoms with Crippen LogP contribution in [0.25, 0.3) is 0 Å². The van der Waals surface area contributed by atoms with Gasteiger partial charge in [-0.25, -0.2) is 0 Å². The van der Waals surface area contributed by atoms with E-state index in [4.69, 9.17) is 0 Å². The third-order valence-corrected chi connectivity index (χ3v) is 2.41. The summed E-state index contributed by atoms with van der Waals surface area (Å²) in [5, 5.41) is 0. The van der Waals surface area contributed by atoms with Gasteiger partial charge in [0.05, 0.1) is 0 Å². The van der Waals surface area contributed by atoms with E-state index in [1.807, 2.05) is 0 Å². The van der Waals surface area contributed by atoms with Crippen molar-refractivity contribution in [3.63, 3.8) is 0 Å². The molecule has 1 aromatic rings. The molecule has 0 bridgehead atoms. The second-order valence-electron chi connectivity index (χ2n) is 3.55. The van der Waals surface area contributed by atoms with Crippen molar-refractivity contribution in [1.29, 1.82) is 0 Å². The van der Waals surface area contributed by atoms with E-state index in [-0.39, 0.29) is 0 Å². The quantitative estimate of drug-likeness (QED) is 0.653.